The highest BCUT2D eigenvalue weighted by atomic mass is 32.2. The van der Waals surface area contributed by atoms with Crippen LogP contribution in [0.3, 0.4) is 0 Å². The summed E-state index contributed by atoms with van der Waals surface area (Å²) in [5.74, 6) is 0. The van der Waals surface area contributed by atoms with Gasteiger partial charge in [-0.3, -0.25) is 0 Å². The third kappa shape index (κ3) is 6.09. The lowest BCUT2D eigenvalue weighted by molar-refractivity contribution is 0.304. The Kier molecular flexibility index (Phi) is 8.53. The van der Waals surface area contributed by atoms with Crippen molar-refractivity contribution in [2.75, 3.05) is 6.61 Å². The van der Waals surface area contributed by atoms with Gasteiger partial charge in [0.1, 0.15) is 11.0 Å². The van der Waals surface area contributed by atoms with Gasteiger partial charge in [0.05, 0.1) is 4.75 Å². The van der Waals surface area contributed by atoms with E-state index in [1.165, 1.54) is 10.4 Å². The quantitative estimate of drug-likeness (QED) is 0.327. The Morgan fingerprint density at radius 3 is 1.83 bits per heavy atom. The molecule has 30 heavy (non-hydrogen) atoms. The average molecular weight is 442 g/mol. The lowest BCUT2D eigenvalue weighted by Crippen LogP contribution is -2.66. The van der Waals surface area contributed by atoms with Crippen molar-refractivity contribution in [2.45, 2.75) is 57.7 Å². The van der Waals surface area contributed by atoms with E-state index in [4.69, 9.17) is 4.43 Å². The van der Waals surface area contributed by atoms with Crippen LogP contribution < -0.4 is 10.4 Å². The van der Waals surface area contributed by atoms with E-state index in [0.717, 1.165) is 6.42 Å². The van der Waals surface area contributed by atoms with Crippen LogP contribution in [0.15, 0.2) is 77.2 Å². The smallest absolute Gasteiger partial charge is 0.261 e. The van der Waals surface area contributed by atoms with E-state index in [-0.39, 0.29) is 9.79 Å². The molecule has 162 valence electrons. The van der Waals surface area contributed by atoms with Gasteiger partial charge in [-0.05, 0) is 48.7 Å². The molecular formula is C25H35NO2SSi. The van der Waals surface area contributed by atoms with Crippen molar-refractivity contribution < 1.29 is 8.63 Å². The van der Waals surface area contributed by atoms with Gasteiger partial charge in [0.25, 0.3) is 8.32 Å². The van der Waals surface area contributed by atoms with Crippen LogP contribution in [0.2, 0.25) is 5.04 Å². The summed E-state index contributed by atoms with van der Waals surface area (Å²) in [5.41, 5.74) is 0. The molecule has 0 N–H and O–H groups in total. The second kappa shape index (κ2) is 10.5. The molecule has 0 bridgehead atoms. The van der Waals surface area contributed by atoms with Crippen molar-refractivity contribution in [1.29, 1.82) is 0 Å². The molecule has 0 amide bonds. The topological polar surface area (TPSA) is 38.7 Å². The van der Waals surface area contributed by atoms with E-state index < -0.39 is 19.3 Å². The summed E-state index contributed by atoms with van der Waals surface area (Å²) in [5, 5.41) is 2.55. The van der Waals surface area contributed by atoms with Crippen LogP contribution in [0.4, 0.5) is 0 Å². The first-order valence-electron chi connectivity index (χ1n) is 10.5. The van der Waals surface area contributed by atoms with Crippen LogP contribution in [-0.4, -0.2) is 30.1 Å². The maximum atomic E-state index is 12.0. The molecule has 0 fully saturated rings. The Hall–Kier alpha value is -1.82. The molecule has 0 unspecified atom stereocenters. The number of benzene rings is 2. The molecule has 0 aliphatic carbocycles. The molecule has 2 rings (SSSR count). The highest BCUT2D eigenvalue weighted by molar-refractivity contribution is 7.85. The second-order valence-electron chi connectivity index (χ2n) is 9.34. The third-order valence-corrected chi connectivity index (χ3v) is 11.3. The molecule has 2 aromatic rings. The van der Waals surface area contributed by atoms with E-state index in [2.05, 4.69) is 85.8 Å². The first-order valence-corrected chi connectivity index (χ1v) is 13.5. The first-order chi connectivity index (χ1) is 14.1. The van der Waals surface area contributed by atoms with Gasteiger partial charge in [-0.1, -0.05) is 87.5 Å². The summed E-state index contributed by atoms with van der Waals surface area (Å²) in [4.78, 5) is 0. The van der Waals surface area contributed by atoms with E-state index in [1.54, 1.807) is 6.21 Å². The number of allylic oxidation sites excluding steroid dienone is 1. The lowest BCUT2D eigenvalue weighted by Gasteiger charge is -2.43. The third-order valence-electron chi connectivity index (χ3n) is 4.92. The average Bonchev–Trinajstić information content (AvgIpc) is 2.69. The molecule has 0 aromatic heterocycles. The minimum atomic E-state index is -2.48. The molecule has 0 aliphatic rings. The molecule has 0 saturated heterocycles. The van der Waals surface area contributed by atoms with Gasteiger partial charge in [0.15, 0.2) is 0 Å². The van der Waals surface area contributed by atoms with Crippen LogP contribution >= 0.6 is 0 Å². The number of rotatable bonds is 8. The van der Waals surface area contributed by atoms with Gasteiger partial charge in [-0.15, -0.1) is 0 Å². The van der Waals surface area contributed by atoms with Crippen LogP contribution in [0.1, 0.15) is 48.0 Å². The van der Waals surface area contributed by atoms with Gasteiger partial charge in [0.2, 0.25) is 0 Å². The van der Waals surface area contributed by atoms with E-state index in [1.807, 2.05) is 32.9 Å². The van der Waals surface area contributed by atoms with Gasteiger partial charge in [-0.25, -0.2) is 4.21 Å². The molecule has 2 aromatic carbocycles. The van der Waals surface area contributed by atoms with E-state index in [9.17, 15) is 4.21 Å². The summed E-state index contributed by atoms with van der Waals surface area (Å²) >= 11 is 0. The molecule has 0 spiro atoms. The van der Waals surface area contributed by atoms with Crippen molar-refractivity contribution in [2.24, 2.45) is 4.40 Å². The van der Waals surface area contributed by atoms with Crippen molar-refractivity contribution in [1.82, 2.24) is 0 Å². The maximum absolute atomic E-state index is 12.0. The number of nitrogens with zero attached hydrogens (tertiary/aromatic N) is 1. The lowest BCUT2D eigenvalue weighted by atomic mass is 10.2. The van der Waals surface area contributed by atoms with Crippen LogP contribution in [0.5, 0.6) is 0 Å². The largest absolute Gasteiger partial charge is 0.407 e. The summed E-state index contributed by atoms with van der Waals surface area (Å²) in [7, 11) is -3.70. The molecular weight excluding hydrogens is 406 g/mol. The van der Waals surface area contributed by atoms with Crippen molar-refractivity contribution in [3.8, 4) is 0 Å². The Balaban J connectivity index is 2.20. The monoisotopic (exact) mass is 441 g/mol. The van der Waals surface area contributed by atoms with Gasteiger partial charge in [0, 0.05) is 12.8 Å². The SMILES string of the molecule is CC(C)(C)[S@@](=O)/N=C/C=C/CCO[Si](c1ccccc1)(c1ccccc1)C(C)(C)C. The predicted molar refractivity (Wildman–Crippen MR) is 134 cm³/mol. The predicted octanol–water partition coefficient (Wildman–Crippen LogP) is 5.04. The first kappa shape index (κ1) is 24.4. The molecule has 1 atom stereocenters. The Labute approximate surface area is 186 Å². The highest BCUT2D eigenvalue weighted by Crippen LogP contribution is 2.36. The van der Waals surface area contributed by atoms with Gasteiger partial charge in [-0.2, -0.15) is 4.40 Å². The Bertz CT molecular complexity index is 826. The van der Waals surface area contributed by atoms with Crippen molar-refractivity contribution in [3.63, 3.8) is 0 Å². The van der Waals surface area contributed by atoms with Crippen molar-refractivity contribution >= 4 is 35.9 Å². The summed E-state index contributed by atoms with van der Waals surface area (Å²) in [6.07, 6.45) is 6.29. The molecule has 0 aliphatic heterocycles. The highest BCUT2D eigenvalue weighted by Gasteiger charge is 2.49. The minimum Gasteiger partial charge on any atom is -0.407 e. The zero-order valence-electron chi connectivity index (χ0n) is 19.1. The van der Waals surface area contributed by atoms with Crippen LogP contribution in [0, 0.1) is 0 Å². The Morgan fingerprint density at radius 1 is 0.900 bits per heavy atom. The van der Waals surface area contributed by atoms with Crippen LogP contribution in [0.25, 0.3) is 0 Å². The molecule has 0 radical (unpaired) electrons. The number of hydrogen-bond donors (Lipinski definition) is 0. The van der Waals surface area contributed by atoms with E-state index >= 15 is 0 Å². The molecule has 5 heteroatoms. The van der Waals surface area contributed by atoms with Gasteiger partial charge >= 0.3 is 0 Å². The zero-order valence-corrected chi connectivity index (χ0v) is 20.9. The number of hydrogen-bond acceptors (Lipinski definition) is 2. The summed E-state index contributed by atoms with van der Waals surface area (Å²) in [6, 6.07) is 21.3. The Morgan fingerprint density at radius 2 is 1.40 bits per heavy atom. The summed E-state index contributed by atoms with van der Waals surface area (Å²) in [6.45, 7) is 13.2. The summed E-state index contributed by atoms with van der Waals surface area (Å²) < 4.78 is 22.6. The maximum Gasteiger partial charge on any atom is 0.261 e. The zero-order chi connectivity index (χ0) is 22.3. The van der Waals surface area contributed by atoms with Crippen LogP contribution in [-0.2, 0) is 15.4 Å². The molecule has 0 saturated carbocycles. The minimum absolute atomic E-state index is 0.0233. The van der Waals surface area contributed by atoms with E-state index in [0.29, 0.717) is 6.61 Å². The normalized spacial score (nSPS) is 14.5. The molecule has 3 nitrogen and oxygen atoms in total. The second-order valence-corrected chi connectivity index (χ2v) is 15.6. The fourth-order valence-electron chi connectivity index (χ4n) is 3.45. The van der Waals surface area contributed by atoms with Crippen molar-refractivity contribution in [3.05, 3.63) is 72.8 Å². The van der Waals surface area contributed by atoms with Gasteiger partial charge < -0.3 is 4.43 Å². The molecule has 0 heterocycles. The fourth-order valence-corrected chi connectivity index (χ4v) is 8.52. The standard InChI is InChI=1S/C25H35NO2SSi/c1-24(2,3)29(27)26-20-14-9-15-21-28-30(25(4,5)6,22-16-10-7-11-17-22)23-18-12-8-13-19-23/h7-14,16-20H,15,21H2,1-6H3/b14-9+,26-20+/t29-/m1/s1. The fraction of sp³-hybridized carbons (Fsp3) is 0.400.